The van der Waals surface area contributed by atoms with Crippen molar-refractivity contribution in [1.29, 1.82) is 0 Å². The number of nitrogens with zero attached hydrogens (tertiary/aromatic N) is 2. The van der Waals surface area contributed by atoms with Crippen LogP contribution in [0.15, 0.2) is 35.4 Å². The van der Waals surface area contributed by atoms with Gasteiger partial charge < -0.3 is 10.2 Å². The number of carbonyl (C=O) groups excluding carboxylic acids is 1. The van der Waals surface area contributed by atoms with E-state index in [2.05, 4.69) is 5.10 Å². The molecule has 2 rings (SSSR count). The fourth-order valence-electron chi connectivity index (χ4n) is 1.49. The highest BCUT2D eigenvalue weighted by Gasteiger charge is 2.17. The molecule has 2 aromatic rings. The summed E-state index contributed by atoms with van der Waals surface area (Å²) in [5, 5.41) is 3.98. The first-order valence-electron chi connectivity index (χ1n) is 4.94. The molecule has 0 amide bonds. The van der Waals surface area contributed by atoms with Gasteiger partial charge in [-0.3, -0.25) is 9.48 Å². The number of aromatic nitrogens is 2. The summed E-state index contributed by atoms with van der Waals surface area (Å²) in [5.41, 5.74) is 7.40. The molecule has 2 heterocycles. The minimum Gasteiger partial charge on any atom is -0.472 e. The van der Waals surface area contributed by atoms with Gasteiger partial charge in [-0.2, -0.15) is 5.10 Å². The minimum atomic E-state index is -0.622. The van der Waals surface area contributed by atoms with Crippen LogP contribution in [0.25, 0.3) is 0 Å². The van der Waals surface area contributed by atoms with E-state index in [9.17, 15) is 4.79 Å². The van der Waals surface area contributed by atoms with Gasteiger partial charge in [0.25, 0.3) is 0 Å². The molecule has 0 fully saturated rings. The van der Waals surface area contributed by atoms with Gasteiger partial charge >= 0.3 is 0 Å². The number of nitrogens with two attached hydrogens (primary N) is 1. The van der Waals surface area contributed by atoms with Crippen LogP contribution in [0.5, 0.6) is 0 Å². The van der Waals surface area contributed by atoms with E-state index < -0.39 is 6.04 Å². The first-order valence-corrected chi connectivity index (χ1v) is 4.94. The summed E-state index contributed by atoms with van der Waals surface area (Å²) in [5.74, 6) is -0.0469. The molecule has 0 saturated heterocycles. The second-order valence-corrected chi connectivity index (χ2v) is 3.70. The fourth-order valence-corrected chi connectivity index (χ4v) is 1.49. The monoisotopic (exact) mass is 219 g/mol. The molecule has 0 aliphatic heterocycles. The molecule has 0 aliphatic carbocycles. The zero-order valence-electron chi connectivity index (χ0n) is 8.96. The first kappa shape index (κ1) is 10.6. The van der Waals surface area contributed by atoms with Crippen molar-refractivity contribution in [2.24, 2.45) is 12.8 Å². The van der Waals surface area contributed by atoms with Crippen LogP contribution in [0.2, 0.25) is 0 Å². The lowest BCUT2D eigenvalue weighted by atomic mass is 10.0. The number of Topliss-reactive ketones (excluding diaryl/α,β-unsaturated/α-hetero) is 1. The highest BCUT2D eigenvalue weighted by atomic mass is 16.3. The zero-order chi connectivity index (χ0) is 11.5. The van der Waals surface area contributed by atoms with Crippen molar-refractivity contribution in [2.45, 2.75) is 12.5 Å². The van der Waals surface area contributed by atoms with Crippen LogP contribution in [-0.2, 0) is 18.3 Å². The maximum atomic E-state index is 11.8. The summed E-state index contributed by atoms with van der Waals surface area (Å²) in [6, 6.07) is 1.14. The van der Waals surface area contributed by atoms with Crippen molar-refractivity contribution in [3.05, 3.63) is 42.1 Å². The number of carbonyl (C=O) groups is 1. The number of aryl methyl sites for hydroxylation is 1. The molecule has 2 N–H and O–H groups in total. The predicted molar refractivity (Wildman–Crippen MR) is 57.6 cm³/mol. The molecule has 2 aromatic heterocycles. The Balaban J connectivity index is 2.05. The molecular weight excluding hydrogens is 206 g/mol. The third kappa shape index (κ3) is 2.20. The Kier molecular flexibility index (Phi) is 2.87. The van der Waals surface area contributed by atoms with Gasteiger partial charge in [-0.15, -0.1) is 0 Å². The fraction of sp³-hybridized carbons (Fsp3) is 0.273. The molecule has 0 bridgehead atoms. The van der Waals surface area contributed by atoms with Gasteiger partial charge in [0.15, 0.2) is 5.78 Å². The summed E-state index contributed by atoms with van der Waals surface area (Å²) < 4.78 is 6.52. The van der Waals surface area contributed by atoms with E-state index in [1.807, 2.05) is 0 Å². The second kappa shape index (κ2) is 4.32. The number of hydrogen-bond acceptors (Lipinski definition) is 4. The number of furan rings is 1. The summed E-state index contributed by atoms with van der Waals surface area (Å²) in [4.78, 5) is 11.8. The van der Waals surface area contributed by atoms with Crippen LogP contribution in [0.3, 0.4) is 0 Å². The largest absolute Gasteiger partial charge is 0.472 e. The third-order valence-corrected chi connectivity index (χ3v) is 2.39. The molecule has 16 heavy (non-hydrogen) atoms. The maximum absolute atomic E-state index is 11.8. The minimum absolute atomic E-state index is 0.0469. The second-order valence-electron chi connectivity index (χ2n) is 3.70. The molecule has 1 atom stereocenters. The van der Waals surface area contributed by atoms with Gasteiger partial charge in [-0.05, 0) is 11.6 Å². The number of hydrogen-bond donors (Lipinski definition) is 1. The van der Waals surface area contributed by atoms with E-state index in [-0.39, 0.29) is 12.2 Å². The van der Waals surface area contributed by atoms with Crippen LogP contribution in [0, 0.1) is 0 Å². The van der Waals surface area contributed by atoms with Crippen LogP contribution >= 0.6 is 0 Å². The molecule has 5 nitrogen and oxygen atoms in total. The lowest BCUT2D eigenvalue weighted by molar-refractivity contribution is -0.119. The molecule has 0 aliphatic rings. The molecule has 0 saturated carbocycles. The quantitative estimate of drug-likeness (QED) is 0.826. The van der Waals surface area contributed by atoms with Crippen molar-refractivity contribution in [1.82, 2.24) is 9.78 Å². The van der Waals surface area contributed by atoms with Crippen molar-refractivity contribution >= 4 is 5.78 Å². The Morgan fingerprint density at radius 2 is 2.50 bits per heavy atom. The Labute approximate surface area is 92.9 Å². The van der Waals surface area contributed by atoms with Crippen LogP contribution in [0.4, 0.5) is 0 Å². The Bertz CT molecular complexity index is 473. The van der Waals surface area contributed by atoms with Crippen LogP contribution < -0.4 is 5.73 Å². The van der Waals surface area contributed by atoms with Gasteiger partial charge in [0.1, 0.15) is 0 Å². The van der Waals surface area contributed by atoms with Crippen molar-refractivity contribution < 1.29 is 9.21 Å². The molecule has 5 heteroatoms. The molecule has 0 aromatic carbocycles. The lowest BCUT2D eigenvalue weighted by Crippen LogP contribution is -2.22. The first-order chi connectivity index (χ1) is 7.66. The van der Waals surface area contributed by atoms with Crippen molar-refractivity contribution in [3.8, 4) is 0 Å². The van der Waals surface area contributed by atoms with Gasteiger partial charge in [0.05, 0.1) is 24.8 Å². The summed E-state index contributed by atoms with van der Waals surface area (Å²) in [6.07, 6.45) is 6.73. The molecule has 1 unspecified atom stereocenters. The highest BCUT2D eigenvalue weighted by molar-refractivity contribution is 5.86. The lowest BCUT2D eigenvalue weighted by Gasteiger charge is -2.06. The van der Waals surface area contributed by atoms with E-state index in [1.54, 1.807) is 36.5 Å². The number of ketones is 1. The maximum Gasteiger partial charge on any atom is 0.158 e. The topological polar surface area (TPSA) is 74.0 Å². The van der Waals surface area contributed by atoms with Gasteiger partial charge in [0, 0.05) is 25.2 Å². The van der Waals surface area contributed by atoms with Gasteiger partial charge in [0.2, 0.25) is 0 Å². The molecule has 0 spiro atoms. The van der Waals surface area contributed by atoms with Gasteiger partial charge in [-0.1, -0.05) is 0 Å². The number of rotatable bonds is 4. The summed E-state index contributed by atoms with van der Waals surface area (Å²) >= 11 is 0. The normalized spacial score (nSPS) is 12.6. The SMILES string of the molecule is Cn1cc(C(N)C(=O)Cc2ccoc2)cn1. The van der Waals surface area contributed by atoms with E-state index in [1.165, 1.54) is 6.26 Å². The Morgan fingerprint density at radius 3 is 3.06 bits per heavy atom. The van der Waals surface area contributed by atoms with E-state index in [0.29, 0.717) is 0 Å². The molecule has 84 valence electrons. The van der Waals surface area contributed by atoms with E-state index >= 15 is 0 Å². The van der Waals surface area contributed by atoms with E-state index in [4.69, 9.17) is 10.2 Å². The average Bonchev–Trinajstić information content (AvgIpc) is 2.88. The highest BCUT2D eigenvalue weighted by Crippen LogP contribution is 2.13. The van der Waals surface area contributed by atoms with E-state index in [0.717, 1.165) is 11.1 Å². The zero-order valence-corrected chi connectivity index (χ0v) is 8.96. The van der Waals surface area contributed by atoms with Crippen LogP contribution in [-0.4, -0.2) is 15.6 Å². The average molecular weight is 219 g/mol. The van der Waals surface area contributed by atoms with Crippen molar-refractivity contribution in [2.75, 3.05) is 0 Å². The third-order valence-electron chi connectivity index (χ3n) is 2.39. The Hall–Kier alpha value is -1.88. The standard InChI is InChI=1S/C11H13N3O2/c1-14-6-9(5-13-14)11(12)10(15)4-8-2-3-16-7-8/h2-3,5-7,11H,4,12H2,1H3. The van der Waals surface area contributed by atoms with Crippen molar-refractivity contribution in [3.63, 3.8) is 0 Å². The van der Waals surface area contributed by atoms with Crippen LogP contribution in [0.1, 0.15) is 17.2 Å². The predicted octanol–water partition coefficient (Wildman–Crippen LogP) is 0.825. The Morgan fingerprint density at radius 1 is 1.69 bits per heavy atom. The summed E-state index contributed by atoms with van der Waals surface area (Å²) in [7, 11) is 1.79. The summed E-state index contributed by atoms with van der Waals surface area (Å²) in [6.45, 7) is 0. The molecule has 0 radical (unpaired) electrons. The molecular formula is C11H13N3O2. The smallest absolute Gasteiger partial charge is 0.158 e. The van der Waals surface area contributed by atoms with Gasteiger partial charge in [-0.25, -0.2) is 0 Å².